The lowest BCUT2D eigenvalue weighted by Crippen LogP contribution is -2.34. The number of aliphatic imine (C=N–C) groups is 1. The van der Waals surface area contributed by atoms with E-state index in [1.807, 2.05) is 30.3 Å². The van der Waals surface area contributed by atoms with Crippen LogP contribution in [0.3, 0.4) is 0 Å². The van der Waals surface area contributed by atoms with Crippen LogP contribution in [0.5, 0.6) is 0 Å². The maximum Gasteiger partial charge on any atom is 0.233 e. The molecule has 27 heavy (non-hydrogen) atoms. The summed E-state index contributed by atoms with van der Waals surface area (Å²) >= 11 is 1.48. The lowest BCUT2D eigenvalue weighted by atomic mass is 10.0. The number of hydrogen-bond acceptors (Lipinski definition) is 3. The first-order chi connectivity index (χ1) is 13.2. The summed E-state index contributed by atoms with van der Waals surface area (Å²) in [6.45, 7) is 1.22. The largest absolute Gasteiger partial charge is 0.289 e. The van der Waals surface area contributed by atoms with Gasteiger partial charge in [0.2, 0.25) is 5.91 Å². The van der Waals surface area contributed by atoms with E-state index in [-0.39, 0.29) is 11.7 Å². The Balaban J connectivity index is 1.45. The van der Waals surface area contributed by atoms with E-state index in [0.717, 1.165) is 27.1 Å². The number of rotatable bonds is 4. The van der Waals surface area contributed by atoms with E-state index >= 15 is 0 Å². The van der Waals surface area contributed by atoms with Gasteiger partial charge in [0.1, 0.15) is 5.82 Å². The number of halogens is 1. The van der Waals surface area contributed by atoms with Crippen molar-refractivity contribution >= 4 is 33.6 Å². The van der Waals surface area contributed by atoms with Gasteiger partial charge in [0.15, 0.2) is 5.17 Å². The van der Waals surface area contributed by atoms with E-state index < -0.39 is 0 Å². The molecule has 5 heteroatoms. The van der Waals surface area contributed by atoms with Crippen molar-refractivity contribution in [1.29, 1.82) is 0 Å². The van der Waals surface area contributed by atoms with E-state index in [4.69, 9.17) is 0 Å². The fourth-order valence-corrected chi connectivity index (χ4v) is 4.27. The smallest absolute Gasteiger partial charge is 0.233 e. The van der Waals surface area contributed by atoms with E-state index in [9.17, 15) is 9.18 Å². The second kappa shape index (κ2) is 7.92. The maximum absolute atomic E-state index is 13.3. The fourth-order valence-electron chi connectivity index (χ4n) is 3.26. The van der Waals surface area contributed by atoms with Gasteiger partial charge in [0, 0.05) is 12.3 Å². The van der Waals surface area contributed by atoms with Gasteiger partial charge in [-0.25, -0.2) is 4.39 Å². The number of carbonyl (C=O) groups is 1. The van der Waals surface area contributed by atoms with Crippen LogP contribution in [0, 0.1) is 5.82 Å². The standard InChI is InChI=1S/C22H19FN2OS/c23-19-9-3-5-16(13-19)15-27-22-24-11-12-25(22)21(26)14-18-8-4-7-17-6-1-2-10-20(17)18/h1-10,13H,11-12,14-15H2. The van der Waals surface area contributed by atoms with Crippen LogP contribution >= 0.6 is 11.8 Å². The Hall–Kier alpha value is -2.66. The molecule has 0 N–H and O–H groups in total. The molecule has 136 valence electrons. The van der Waals surface area contributed by atoms with Crippen LogP contribution in [0.15, 0.2) is 71.7 Å². The average molecular weight is 378 g/mol. The molecule has 1 aliphatic rings. The molecular weight excluding hydrogens is 359 g/mol. The third kappa shape index (κ3) is 4.03. The Kier molecular flexibility index (Phi) is 5.21. The van der Waals surface area contributed by atoms with E-state index in [1.54, 1.807) is 11.0 Å². The molecule has 0 unspecified atom stereocenters. The predicted molar refractivity (Wildman–Crippen MR) is 109 cm³/mol. The van der Waals surface area contributed by atoms with Crippen LogP contribution in [0.1, 0.15) is 11.1 Å². The van der Waals surface area contributed by atoms with Crippen molar-refractivity contribution in [2.24, 2.45) is 4.99 Å². The molecule has 0 saturated heterocycles. The zero-order valence-electron chi connectivity index (χ0n) is 14.8. The van der Waals surface area contributed by atoms with E-state index in [0.29, 0.717) is 25.3 Å². The summed E-state index contributed by atoms with van der Waals surface area (Å²) in [5.74, 6) is 0.397. The number of benzene rings is 3. The van der Waals surface area contributed by atoms with Gasteiger partial charge in [-0.2, -0.15) is 0 Å². The van der Waals surface area contributed by atoms with Gasteiger partial charge in [-0.3, -0.25) is 14.7 Å². The maximum atomic E-state index is 13.3. The van der Waals surface area contributed by atoms with Crippen molar-refractivity contribution in [1.82, 2.24) is 4.90 Å². The minimum Gasteiger partial charge on any atom is -0.289 e. The molecular formula is C22H19FN2OS. The summed E-state index contributed by atoms with van der Waals surface area (Å²) in [4.78, 5) is 19.1. The van der Waals surface area contributed by atoms with Crippen LogP contribution in [-0.4, -0.2) is 29.1 Å². The number of amides is 1. The molecule has 1 heterocycles. The monoisotopic (exact) mass is 378 g/mol. The first-order valence-electron chi connectivity index (χ1n) is 8.89. The number of fused-ring (bicyclic) bond motifs is 1. The lowest BCUT2D eigenvalue weighted by Gasteiger charge is -2.18. The quantitative estimate of drug-likeness (QED) is 0.662. The van der Waals surface area contributed by atoms with Gasteiger partial charge < -0.3 is 0 Å². The summed E-state index contributed by atoms with van der Waals surface area (Å²) in [5.41, 5.74) is 1.91. The zero-order valence-corrected chi connectivity index (χ0v) is 15.6. The van der Waals surface area contributed by atoms with Crippen molar-refractivity contribution in [2.75, 3.05) is 13.1 Å². The zero-order chi connectivity index (χ0) is 18.6. The number of thioether (sulfide) groups is 1. The first-order valence-corrected chi connectivity index (χ1v) is 9.88. The van der Waals surface area contributed by atoms with Gasteiger partial charge in [-0.1, -0.05) is 66.4 Å². The highest BCUT2D eigenvalue weighted by Gasteiger charge is 2.24. The molecule has 0 aromatic heterocycles. The molecule has 0 spiro atoms. The van der Waals surface area contributed by atoms with Crippen molar-refractivity contribution in [2.45, 2.75) is 12.2 Å². The molecule has 3 aromatic carbocycles. The van der Waals surface area contributed by atoms with Crippen molar-refractivity contribution in [3.63, 3.8) is 0 Å². The summed E-state index contributed by atoms with van der Waals surface area (Å²) in [6, 6.07) is 20.7. The Labute approximate surface area is 161 Å². The molecule has 0 bridgehead atoms. The highest BCUT2D eigenvalue weighted by Crippen LogP contribution is 2.23. The summed E-state index contributed by atoms with van der Waals surface area (Å²) in [7, 11) is 0. The number of hydrogen-bond donors (Lipinski definition) is 0. The Morgan fingerprint density at radius 1 is 1.07 bits per heavy atom. The third-order valence-electron chi connectivity index (χ3n) is 4.58. The van der Waals surface area contributed by atoms with Crippen molar-refractivity contribution in [3.05, 3.63) is 83.7 Å². The third-order valence-corrected chi connectivity index (χ3v) is 5.67. The number of carbonyl (C=O) groups excluding carboxylic acids is 1. The van der Waals surface area contributed by atoms with Gasteiger partial charge >= 0.3 is 0 Å². The molecule has 0 fully saturated rings. The second-order valence-electron chi connectivity index (χ2n) is 6.44. The van der Waals surface area contributed by atoms with Crippen LogP contribution in [-0.2, 0) is 17.0 Å². The minimum atomic E-state index is -0.245. The molecule has 0 saturated carbocycles. The fraction of sp³-hybridized carbons (Fsp3) is 0.182. The summed E-state index contributed by atoms with van der Waals surface area (Å²) < 4.78 is 13.3. The van der Waals surface area contributed by atoms with Crippen molar-refractivity contribution < 1.29 is 9.18 Å². The van der Waals surface area contributed by atoms with Crippen molar-refractivity contribution in [3.8, 4) is 0 Å². The second-order valence-corrected chi connectivity index (χ2v) is 7.39. The Morgan fingerprint density at radius 3 is 2.78 bits per heavy atom. The molecule has 3 nitrogen and oxygen atoms in total. The van der Waals surface area contributed by atoms with Gasteiger partial charge in [-0.15, -0.1) is 0 Å². The molecule has 0 atom stereocenters. The molecule has 3 aromatic rings. The Morgan fingerprint density at radius 2 is 1.89 bits per heavy atom. The lowest BCUT2D eigenvalue weighted by molar-refractivity contribution is -0.126. The Bertz CT molecular complexity index is 1010. The van der Waals surface area contributed by atoms with Crippen LogP contribution < -0.4 is 0 Å². The summed E-state index contributed by atoms with van der Waals surface area (Å²) in [5, 5.41) is 2.97. The van der Waals surface area contributed by atoms with Gasteiger partial charge in [0.25, 0.3) is 0 Å². The van der Waals surface area contributed by atoms with Gasteiger partial charge in [0.05, 0.1) is 13.0 Å². The summed E-state index contributed by atoms with van der Waals surface area (Å²) in [6.07, 6.45) is 0.348. The predicted octanol–water partition coefficient (Wildman–Crippen LogP) is 4.65. The molecule has 0 radical (unpaired) electrons. The highest BCUT2D eigenvalue weighted by molar-refractivity contribution is 8.13. The number of nitrogens with zero attached hydrogens (tertiary/aromatic N) is 2. The van der Waals surface area contributed by atoms with E-state index in [1.165, 1.54) is 23.9 Å². The average Bonchev–Trinajstić information content (AvgIpc) is 3.15. The SMILES string of the molecule is O=C(Cc1cccc2ccccc12)N1CCN=C1SCc1cccc(F)c1. The molecule has 1 aliphatic heterocycles. The molecule has 4 rings (SSSR count). The highest BCUT2D eigenvalue weighted by atomic mass is 32.2. The van der Waals surface area contributed by atoms with Crippen LogP contribution in [0.4, 0.5) is 4.39 Å². The molecule has 0 aliphatic carbocycles. The topological polar surface area (TPSA) is 32.7 Å². The van der Waals surface area contributed by atoms with Crippen LogP contribution in [0.2, 0.25) is 0 Å². The van der Waals surface area contributed by atoms with Crippen LogP contribution in [0.25, 0.3) is 10.8 Å². The number of amidine groups is 1. The van der Waals surface area contributed by atoms with Gasteiger partial charge in [-0.05, 0) is 34.0 Å². The normalized spacial score (nSPS) is 13.8. The first kappa shape index (κ1) is 17.7. The molecule has 1 amide bonds. The minimum absolute atomic E-state index is 0.0503. The van der Waals surface area contributed by atoms with E-state index in [2.05, 4.69) is 23.2 Å².